The maximum atomic E-state index is 4.62. The lowest BCUT2D eigenvalue weighted by atomic mass is 10.3. The van der Waals surface area contributed by atoms with E-state index in [9.17, 15) is 0 Å². The number of aryl methyl sites for hydroxylation is 1. The van der Waals surface area contributed by atoms with Gasteiger partial charge >= 0.3 is 0 Å². The van der Waals surface area contributed by atoms with Crippen molar-refractivity contribution in [2.45, 2.75) is 39.7 Å². The Kier molecular flexibility index (Phi) is 2.71. The van der Waals surface area contributed by atoms with Crippen molar-refractivity contribution < 1.29 is 0 Å². The van der Waals surface area contributed by atoms with Gasteiger partial charge in [-0.2, -0.15) is 0 Å². The van der Waals surface area contributed by atoms with Crippen LogP contribution < -0.4 is 0 Å². The highest BCUT2D eigenvalue weighted by atomic mass is 15.1. The monoisotopic (exact) mass is 203 g/mol. The predicted molar refractivity (Wildman–Crippen MR) is 61.9 cm³/mol. The Morgan fingerprint density at radius 2 is 2.20 bits per heavy atom. The molecule has 3 heteroatoms. The first kappa shape index (κ1) is 10.1. The van der Waals surface area contributed by atoms with Gasteiger partial charge in [0.05, 0.1) is 0 Å². The van der Waals surface area contributed by atoms with E-state index < -0.39 is 0 Å². The van der Waals surface area contributed by atoms with Gasteiger partial charge in [0.1, 0.15) is 11.3 Å². The zero-order chi connectivity index (χ0) is 10.8. The van der Waals surface area contributed by atoms with Crippen molar-refractivity contribution in [1.29, 1.82) is 0 Å². The van der Waals surface area contributed by atoms with E-state index in [1.54, 1.807) is 0 Å². The van der Waals surface area contributed by atoms with Crippen molar-refractivity contribution in [3.8, 4) is 0 Å². The van der Waals surface area contributed by atoms with E-state index in [-0.39, 0.29) is 0 Å². The van der Waals surface area contributed by atoms with Crippen LogP contribution in [-0.2, 0) is 6.42 Å². The van der Waals surface area contributed by atoms with E-state index in [2.05, 4.69) is 35.3 Å². The normalized spacial score (nSPS) is 11.5. The molecule has 0 aliphatic carbocycles. The van der Waals surface area contributed by atoms with E-state index in [0.717, 1.165) is 29.8 Å². The largest absolute Gasteiger partial charge is 0.310 e. The van der Waals surface area contributed by atoms with Gasteiger partial charge in [-0.05, 0) is 32.4 Å². The summed E-state index contributed by atoms with van der Waals surface area (Å²) in [5.41, 5.74) is 2.02. The number of imidazole rings is 1. The average Bonchev–Trinajstić information content (AvgIpc) is 2.56. The summed E-state index contributed by atoms with van der Waals surface area (Å²) in [7, 11) is 0. The van der Waals surface area contributed by atoms with Gasteiger partial charge in [0, 0.05) is 18.7 Å². The highest BCUT2D eigenvalue weighted by molar-refractivity contribution is 5.71. The third-order valence-electron chi connectivity index (χ3n) is 2.51. The molecule has 0 N–H and O–H groups in total. The number of aromatic nitrogens is 3. The SMILES string of the molecule is CCCc1nc2cccnc2n1C(C)C. The number of hydrogen-bond acceptors (Lipinski definition) is 2. The Morgan fingerprint density at radius 1 is 1.40 bits per heavy atom. The highest BCUT2D eigenvalue weighted by Crippen LogP contribution is 2.19. The Bertz CT molecular complexity index is 457. The minimum atomic E-state index is 0.423. The Hall–Kier alpha value is -1.38. The maximum absolute atomic E-state index is 4.62. The Labute approximate surface area is 90.2 Å². The molecule has 80 valence electrons. The van der Waals surface area contributed by atoms with Crippen LogP contribution in [-0.4, -0.2) is 14.5 Å². The number of pyridine rings is 1. The summed E-state index contributed by atoms with van der Waals surface area (Å²) in [5.74, 6) is 1.15. The second-order valence-electron chi connectivity index (χ2n) is 4.09. The summed E-state index contributed by atoms with van der Waals surface area (Å²) in [6.07, 6.45) is 3.98. The Balaban J connectivity index is 2.63. The van der Waals surface area contributed by atoms with Gasteiger partial charge in [0.2, 0.25) is 0 Å². The minimum Gasteiger partial charge on any atom is -0.310 e. The molecule has 0 saturated carbocycles. The van der Waals surface area contributed by atoms with Crippen molar-refractivity contribution in [1.82, 2.24) is 14.5 Å². The topological polar surface area (TPSA) is 30.7 Å². The smallest absolute Gasteiger partial charge is 0.160 e. The van der Waals surface area contributed by atoms with E-state index in [1.807, 2.05) is 18.3 Å². The molecule has 15 heavy (non-hydrogen) atoms. The van der Waals surface area contributed by atoms with Gasteiger partial charge in [-0.25, -0.2) is 9.97 Å². The van der Waals surface area contributed by atoms with E-state index in [4.69, 9.17) is 0 Å². The first-order chi connectivity index (χ1) is 7.24. The molecule has 0 radical (unpaired) electrons. The fourth-order valence-electron chi connectivity index (χ4n) is 1.92. The average molecular weight is 203 g/mol. The van der Waals surface area contributed by atoms with Crippen LogP contribution in [0.1, 0.15) is 39.1 Å². The predicted octanol–water partition coefficient (Wildman–Crippen LogP) is 2.96. The zero-order valence-corrected chi connectivity index (χ0v) is 9.57. The molecule has 0 amide bonds. The second kappa shape index (κ2) is 4.01. The third kappa shape index (κ3) is 1.74. The van der Waals surface area contributed by atoms with Crippen LogP contribution in [0.25, 0.3) is 11.2 Å². The summed E-state index contributed by atoms with van der Waals surface area (Å²) in [4.78, 5) is 9.03. The van der Waals surface area contributed by atoms with Crippen LogP contribution in [0.2, 0.25) is 0 Å². The van der Waals surface area contributed by atoms with E-state index in [1.165, 1.54) is 0 Å². The lowest BCUT2D eigenvalue weighted by molar-refractivity contribution is 0.576. The lowest BCUT2D eigenvalue weighted by Gasteiger charge is -2.11. The zero-order valence-electron chi connectivity index (χ0n) is 9.57. The molecule has 2 heterocycles. The maximum Gasteiger partial charge on any atom is 0.160 e. The number of fused-ring (bicyclic) bond motifs is 1. The summed E-state index contributed by atoms with van der Waals surface area (Å²) in [6.45, 7) is 6.53. The van der Waals surface area contributed by atoms with Gasteiger partial charge < -0.3 is 4.57 Å². The van der Waals surface area contributed by atoms with Gasteiger partial charge in [-0.1, -0.05) is 6.92 Å². The van der Waals surface area contributed by atoms with Crippen molar-refractivity contribution >= 4 is 11.2 Å². The van der Waals surface area contributed by atoms with Gasteiger partial charge in [0.25, 0.3) is 0 Å². The summed E-state index contributed by atoms with van der Waals surface area (Å²) in [6, 6.07) is 4.39. The molecule has 0 spiro atoms. The van der Waals surface area contributed by atoms with Gasteiger partial charge in [-0.15, -0.1) is 0 Å². The Morgan fingerprint density at radius 3 is 2.87 bits per heavy atom. The van der Waals surface area contributed by atoms with Crippen molar-refractivity contribution in [2.24, 2.45) is 0 Å². The van der Waals surface area contributed by atoms with Crippen LogP contribution in [0.15, 0.2) is 18.3 Å². The molecular weight excluding hydrogens is 186 g/mol. The summed E-state index contributed by atoms with van der Waals surface area (Å²) < 4.78 is 2.23. The highest BCUT2D eigenvalue weighted by Gasteiger charge is 2.12. The van der Waals surface area contributed by atoms with Crippen LogP contribution in [0.4, 0.5) is 0 Å². The molecule has 2 rings (SSSR count). The molecule has 2 aromatic rings. The standard InChI is InChI=1S/C12H17N3/c1-4-6-11-14-10-7-5-8-13-12(10)15(11)9(2)3/h5,7-9H,4,6H2,1-3H3. The van der Waals surface area contributed by atoms with Gasteiger partial charge in [-0.3, -0.25) is 0 Å². The van der Waals surface area contributed by atoms with Crippen LogP contribution in [0, 0.1) is 0 Å². The number of nitrogens with zero attached hydrogens (tertiary/aromatic N) is 3. The fraction of sp³-hybridized carbons (Fsp3) is 0.500. The molecule has 3 nitrogen and oxygen atoms in total. The molecule has 0 unspecified atom stereocenters. The van der Waals surface area contributed by atoms with E-state index in [0.29, 0.717) is 6.04 Å². The van der Waals surface area contributed by atoms with Gasteiger partial charge in [0.15, 0.2) is 5.65 Å². The van der Waals surface area contributed by atoms with Crippen molar-refractivity contribution in [3.05, 3.63) is 24.2 Å². The molecule has 0 atom stereocenters. The quantitative estimate of drug-likeness (QED) is 0.767. The van der Waals surface area contributed by atoms with Crippen LogP contribution >= 0.6 is 0 Å². The molecule has 2 aromatic heterocycles. The number of rotatable bonds is 3. The van der Waals surface area contributed by atoms with Crippen molar-refractivity contribution in [2.75, 3.05) is 0 Å². The summed E-state index contributed by atoms with van der Waals surface area (Å²) in [5, 5.41) is 0. The minimum absolute atomic E-state index is 0.423. The molecule has 0 aliphatic heterocycles. The first-order valence-corrected chi connectivity index (χ1v) is 5.56. The summed E-state index contributed by atoms with van der Waals surface area (Å²) >= 11 is 0. The molecule has 0 saturated heterocycles. The molecule has 0 aromatic carbocycles. The molecular formula is C12H17N3. The van der Waals surface area contributed by atoms with Crippen LogP contribution in [0.3, 0.4) is 0 Å². The number of hydrogen-bond donors (Lipinski definition) is 0. The third-order valence-corrected chi connectivity index (χ3v) is 2.51. The molecule has 0 bridgehead atoms. The van der Waals surface area contributed by atoms with E-state index >= 15 is 0 Å². The van der Waals surface area contributed by atoms with Crippen molar-refractivity contribution in [3.63, 3.8) is 0 Å². The first-order valence-electron chi connectivity index (χ1n) is 5.56. The second-order valence-corrected chi connectivity index (χ2v) is 4.09. The molecule has 0 aliphatic rings. The van der Waals surface area contributed by atoms with Crippen LogP contribution in [0.5, 0.6) is 0 Å². The lowest BCUT2D eigenvalue weighted by Crippen LogP contribution is -2.06. The fourth-order valence-corrected chi connectivity index (χ4v) is 1.92. The molecule has 0 fully saturated rings.